The lowest BCUT2D eigenvalue weighted by atomic mass is 10.1. The minimum absolute atomic E-state index is 0.105. The van der Waals surface area contributed by atoms with E-state index in [9.17, 15) is 8.42 Å². The molecule has 5 aromatic rings. The van der Waals surface area contributed by atoms with Crippen molar-refractivity contribution >= 4 is 48.8 Å². The van der Waals surface area contributed by atoms with Crippen LogP contribution in [0.15, 0.2) is 94.7 Å². The fourth-order valence-corrected chi connectivity index (χ4v) is 5.64. The number of H-pyrrole nitrogens is 1. The molecule has 0 atom stereocenters. The molecule has 1 aromatic heterocycles. The van der Waals surface area contributed by atoms with Crippen molar-refractivity contribution in [3.05, 3.63) is 90.0 Å². The zero-order chi connectivity index (χ0) is 20.9. The highest BCUT2D eigenvalue weighted by Gasteiger charge is 2.27. The molecule has 0 aliphatic heterocycles. The van der Waals surface area contributed by atoms with Crippen molar-refractivity contribution < 1.29 is 8.42 Å². The molecule has 0 unspecified atom stereocenters. The van der Waals surface area contributed by atoms with Gasteiger partial charge in [-0.3, -0.25) is 0 Å². The highest BCUT2D eigenvalue weighted by atomic mass is 35.5. The van der Waals surface area contributed by atoms with Crippen LogP contribution in [-0.4, -0.2) is 13.4 Å². The largest absolute Gasteiger partial charge is 0.398 e. The van der Waals surface area contributed by atoms with Crippen molar-refractivity contribution in [3.63, 3.8) is 0 Å². The van der Waals surface area contributed by atoms with Gasteiger partial charge >= 0.3 is 0 Å². The van der Waals surface area contributed by atoms with E-state index in [1.165, 1.54) is 18.2 Å². The number of sulfone groups is 1. The first-order valence-corrected chi connectivity index (χ1v) is 11.2. The average Bonchev–Trinajstić information content (AvgIpc) is 3.15. The molecule has 0 spiro atoms. The van der Waals surface area contributed by atoms with Gasteiger partial charge in [0.1, 0.15) is 4.90 Å². The minimum Gasteiger partial charge on any atom is -0.398 e. The van der Waals surface area contributed by atoms with E-state index in [1.54, 1.807) is 0 Å². The Balaban J connectivity index is 1.81. The number of fused-ring (bicyclic) bond motifs is 2. The van der Waals surface area contributed by atoms with E-state index in [0.717, 1.165) is 21.9 Å². The molecule has 30 heavy (non-hydrogen) atoms. The van der Waals surface area contributed by atoms with E-state index in [0.29, 0.717) is 16.8 Å². The molecule has 0 bridgehead atoms. The number of aromatic nitrogens is 1. The Hall–Kier alpha value is -3.28. The first-order chi connectivity index (χ1) is 14.4. The average molecular weight is 433 g/mol. The molecule has 0 fully saturated rings. The summed E-state index contributed by atoms with van der Waals surface area (Å²) in [6, 6.07) is 25.7. The van der Waals surface area contributed by atoms with Crippen LogP contribution < -0.4 is 5.73 Å². The molecule has 148 valence electrons. The lowest BCUT2D eigenvalue weighted by Crippen LogP contribution is -2.04. The minimum atomic E-state index is -3.86. The summed E-state index contributed by atoms with van der Waals surface area (Å²) in [7, 11) is -3.86. The van der Waals surface area contributed by atoms with Gasteiger partial charge in [0.05, 0.1) is 21.3 Å². The van der Waals surface area contributed by atoms with Crippen molar-refractivity contribution in [1.29, 1.82) is 0 Å². The molecule has 0 aliphatic rings. The number of nitrogen functional groups attached to an aromatic ring is 1. The summed E-state index contributed by atoms with van der Waals surface area (Å²) in [4.78, 5) is 3.65. The summed E-state index contributed by atoms with van der Waals surface area (Å²) in [6.07, 6.45) is 0. The highest BCUT2D eigenvalue weighted by molar-refractivity contribution is 7.92. The van der Waals surface area contributed by atoms with Crippen LogP contribution in [0.25, 0.3) is 32.9 Å². The fourth-order valence-electron chi connectivity index (χ4n) is 3.74. The maximum absolute atomic E-state index is 13.7. The zero-order valence-corrected chi connectivity index (χ0v) is 17.3. The molecular weight excluding hydrogens is 416 g/mol. The van der Waals surface area contributed by atoms with Crippen LogP contribution in [0.4, 0.5) is 5.69 Å². The van der Waals surface area contributed by atoms with Crippen molar-refractivity contribution in [2.45, 2.75) is 9.79 Å². The predicted octanol–water partition coefficient (Wildman–Crippen LogP) is 6.06. The van der Waals surface area contributed by atoms with Gasteiger partial charge in [0.2, 0.25) is 9.84 Å². The summed E-state index contributed by atoms with van der Waals surface area (Å²) in [5, 5.41) is 2.97. The third-order valence-corrected chi connectivity index (χ3v) is 7.41. The highest BCUT2D eigenvalue weighted by Crippen LogP contribution is 2.39. The number of hydrogen-bond donors (Lipinski definition) is 2. The number of rotatable bonds is 3. The maximum Gasteiger partial charge on any atom is 0.209 e. The van der Waals surface area contributed by atoms with Gasteiger partial charge in [-0.05, 0) is 46.7 Å². The monoisotopic (exact) mass is 432 g/mol. The zero-order valence-electron chi connectivity index (χ0n) is 15.8. The Morgan fingerprint density at radius 2 is 1.53 bits per heavy atom. The second kappa shape index (κ2) is 6.90. The van der Waals surface area contributed by atoms with E-state index >= 15 is 0 Å². The van der Waals surface area contributed by atoms with Crippen LogP contribution in [0.5, 0.6) is 0 Å². The topological polar surface area (TPSA) is 76.0 Å². The third-order valence-electron chi connectivity index (χ3n) is 5.25. The van der Waals surface area contributed by atoms with E-state index in [-0.39, 0.29) is 14.8 Å². The standard InChI is InChI=1S/C24H17ClN2O2S/c25-20-14-18(11-12-21(20)26)30(28,29)24-19-7-3-4-8-22(19)27-23(24)17-10-9-15-5-1-2-6-16(15)13-17/h1-14,27H,26H2. The molecule has 0 amide bonds. The van der Waals surface area contributed by atoms with Gasteiger partial charge in [-0.2, -0.15) is 0 Å². The summed E-state index contributed by atoms with van der Waals surface area (Å²) >= 11 is 6.12. The molecule has 5 rings (SSSR count). The molecule has 4 nitrogen and oxygen atoms in total. The van der Waals surface area contributed by atoms with Gasteiger partial charge < -0.3 is 10.7 Å². The van der Waals surface area contributed by atoms with Crippen LogP contribution >= 0.6 is 11.6 Å². The second-order valence-electron chi connectivity index (χ2n) is 7.12. The Labute approximate surface area is 178 Å². The Bertz CT molecular complexity index is 1540. The van der Waals surface area contributed by atoms with Crippen LogP contribution in [0, 0.1) is 0 Å². The summed E-state index contributed by atoms with van der Waals surface area (Å²) in [6.45, 7) is 0. The quantitative estimate of drug-likeness (QED) is 0.340. The molecule has 0 saturated carbocycles. The Morgan fingerprint density at radius 3 is 2.33 bits per heavy atom. The van der Waals surface area contributed by atoms with Gasteiger partial charge in [-0.25, -0.2) is 8.42 Å². The molecule has 0 saturated heterocycles. The van der Waals surface area contributed by atoms with Gasteiger partial charge in [0.25, 0.3) is 0 Å². The number of hydrogen-bond acceptors (Lipinski definition) is 3. The van der Waals surface area contributed by atoms with Crippen molar-refractivity contribution in [1.82, 2.24) is 4.98 Å². The summed E-state index contributed by atoms with van der Waals surface area (Å²) in [5.74, 6) is 0. The molecule has 6 heteroatoms. The van der Waals surface area contributed by atoms with E-state index in [1.807, 2.05) is 66.7 Å². The molecule has 0 radical (unpaired) electrons. The van der Waals surface area contributed by atoms with Crippen molar-refractivity contribution in [3.8, 4) is 11.3 Å². The SMILES string of the molecule is Nc1ccc(S(=O)(=O)c2c(-c3ccc4ccccc4c3)[nH]c3ccccc23)cc1Cl. The second-order valence-corrected chi connectivity index (χ2v) is 9.42. The van der Waals surface area contributed by atoms with Crippen LogP contribution in [0.2, 0.25) is 5.02 Å². The smallest absolute Gasteiger partial charge is 0.209 e. The molecular formula is C24H17ClN2O2S. The summed E-state index contributed by atoms with van der Waals surface area (Å²) in [5.41, 5.74) is 8.22. The fraction of sp³-hybridized carbons (Fsp3) is 0. The van der Waals surface area contributed by atoms with Gasteiger partial charge in [0.15, 0.2) is 0 Å². The normalized spacial score (nSPS) is 11.9. The first kappa shape index (κ1) is 18.7. The number of benzene rings is 4. The van der Waals surface area contributed by atoms with Crippen molar-refractivity contribution in [2.75, 3.05) is 5.73 Å². The van der Waals surface area contributed by atoms with Gasteiger partial charge in [-0.15, -0.1) is 0 Å². The van der Waals surface area contributed by atoms with Crippen molar-refractivity contribution in [2.24, 2.45) is 0 Å². The number of halogens is 1. The van der Waals surface area contributed by atoms with Crippen LogP contribution in [-0.2, 0) is 9.84 Å². The number of nitrogens with two attached hydrogens (primary N) is 1. The maximum atomic E-state index is 13.7. The van der Waals surface area contributed by atoms with Crippen LogP contribution in [0.3, 0.4) is 0 Å². The van der Waals surface area contributed by atoms with E-state index in [4.69, 9.17) is 17.3 Å². The number of para-hydroxylation sites is 1. The van der Waals surface area contributed by atoms with Crippen LogP contribution in [0.1, 0.15) is 0 Å². The Morgan fingerprint density at radius 1 is 0.800 bits per heavy atom. The number of aromatic amines is 1. The third kappa shape index (κ3) is 2.95. The Kier molecular flexibility index (Phi) is 4.31. The van der Waals surface area contributed by atoms with E-state index in [2.05, 4.69) is 4.98 Å². The lowest BCUT2D eigenvalue weighted by Gasteiger charge is -2.09. The molecule has 3 N–H and O–H groups in total. The molecule has 1 heterocycles. The number of nitrogens with one attached hydrogen (secondary N) is 1. The lowest BCUT2D eigenvalue weighted by molar-refractivity contribution is 0.597. The first-order valence-electron chi connectivity index (χ1n) is 9.35. The predicted molar refractivity (Wildman–Crippen MR) is 123 cm³/mol. The molecule has 0 aliphatic carbocycles. The number of anilines is 1. The van der Waals surface area contributed by atoms with Gasteiger partial charge in [-0.1, -0.05) is 66.2 Å². The summed E-state index contributed by atoms with van der Waals surface area (Å²) < 4.78 is 27.4. The molecule has 4 aromatic carbocycles. The van der Waals surface area contributed by atoms with Gasteiger partial charge in [0, 0.05) is 10.9 Å². The van der Waals surface area contributed by atoms with E-state index < -0.39 is 9.84 Å².